The second-order valence-electron chi connectivity index (χ2n) is 5.79. The van der Waals surface area contributed by atoms with Crippen LogP contribution in [-0.2, 0) is 0 Å². The highest BCUT2D eigenvalue weighted by molar-refractivity contribution is 9.10. The van der Waals surface area contributed by atoms with Gasteiger partial charge in [-0.15, -0.1) is 0 Å². The van der Waals surface area contributed by atoms with Crippen LogP contribution in [0.25, 0.3) is 0 Å². The molecule has 0 radical (unpaired) electrons. The minimum atomic E-state index is -0.0945. The van der Waals surface area contributed by atoms with E-state index in [0.29, 0.717) is 17.1 Å². The molecule has 1 saturated heterocycles. The molecule has 1 unspecified atom stereocenters. The Kier molecular flexibility index (Phi) is 6.52. The summed E-state index contributed by atoms with van der Waals surface area (Å²) >= 11 is 9.42. The van der Waals surface area contributed by atoms with Crippen LogP contribution in [0.2, 0.25) is 5.02 Å². The number of quaternary nitrogens is 1. The van der Waals surface area contributed by atoms with Crippen LogP contribution in [0.5, 0.6) is 0 Å². The lowest BCUT2D eigenvalue weighted by atomic mass is 10.0. The Bertz CT molecular complexity index is 495. The van der Waals surface area contributed by atoms with Gasteiger partial charge in [0.2, 0.25) is 0 Å². The minimum absolute atomic E-state index is 0.0945. The Balaban J connectivity index is 1.75. The Morgan fingerprint density at radius 2 is 2.29 bits per heavy atom. The van der Waals surface area contributed by atoms with Crippen LogP contribution in [-0.4, -0.2) is 31.6 Å². The van der Waals surface area contributed by atoms with Crippen molar-refractivity contribution < 1.29 is 9.69 Å². The maximum absolute atomic E-state index is 12.1. The van der Waals surface area contributed by atoms with Crippen molar-refractivity contribution in [1.29, 1.82) is 0 Å². The van der Waals surface area contributed by atoms with E-state index in [1.54, 1.807) is 17.0 Å². The zero-order chi connectivity index (χ0) is 15.2. The Morgan fingerprint density at radius 1 is 1.48 bits per heavy atom. The van der Waals surface area contributed by atoms with Crippen molar-refractivity contribution in [1.82, 2.24) is 5.32 Å². The van der Waals surface area contributed by atoms with Gasteiger partial charge in [0, 0.05) is 17.4 Å². The van der Waals surface area contributed by atoms with Crippen molar-refractivity contribution in [3.05, 3.63) is 33.3 Å². The maximum Gasteiger partial charge on any atom is 0.252 e. The standard InChI is InChI=1S/C16H22BrClN2O/c1-12-5-2-3-9-20(12)10-4-8-19-16(21)14-11-13(17)6-7-15(14)18/h6-7,11-12H,2-5,8-10H2,1H3,(H,19,21)/p+1/t12-/m1/s1. The van der Waals surface area contributed by atoms with Gasteiger partial charge in [-0.05, 0) is 44.4 Å². The van der Waals surface area contributed by atoms with Crippen LogP contribution < -0.4 is 10.2 Å². The van der Waals surface area contributed by atoms with Gasteiger partial charge in [0.05, 0.1) is 29.7 Å². The second-order valence-corrected chi connectivity index (χ2v) is 7.11. The summed E-state index contributed by atoms with van der Waals surface area (Å²) in [5.74, 6) is -0.0945. The molecule has 0 bridgehead atoms. The quantitative estimate of drug-likeness (QED) is 0.763. The smallest absolute Gasteiger partial charge is 0.252 e. The van der Waals surface area contributed by atoms with Crippen molar-refractivity contribution >= 4 is 33.4 Å². The molecule has 1 aromatic carbocycles. The van der Waals surface area contributed by atoms with E-state index in [1.165, 1.54) is 25.8 Å². The lowest BCUT2D eigenvalue weighted by molar-refractivity contribution is -0.928. The summed E-state index contributed by atoms with van der Waals surface area (Å²) in [5.41, 5.74) is 0.532. The Labute approximate surface area is 140 Å². The van der Waals surface area contributed by atoms with Crippen LogP contribution in [0.15, 0.2) is 22.7 Å². The summed E-state index contributed by atoms with van der Waals surface area (Å²) < 4.78 is 0.864. The molecule has 0 saturated carbocycles. The van der Waals surface area contributed by atoms with Crippen molar-refractivity contribution in [2.45, 2.75) is 38.6 Å². The monoisotopic (exact) mass is 373 g/mol. The summed E-state index contributed by atoms with van der Waals surface area (Å²) in [6, 6.07) is 6.09. The fourth-order valence-corrected chi connectivity index (χ4v) is 3.47. The number of hydrogen-bond donors (Lipinski definition) is 2. The molecule has 1 amide bonds. The van der Waals surface area contributed by atoms with Gasteiger partial charge in [-0.1, -0.05) is 27.5 Å². The molecular weight excluding hydrogens is 352 g/mol. The molecule has 1 heterocycles. The van der Waals surface area contributed by atoms with Crippen molar-refractivity contribution in [3.63, 3.8) is 0 Å². The predicted octanol–water partition coefficient (Wildman–Crippen LogP) is 2.68. The third-order valence-corrected chi connectivity index (χ3v) is 5.04. The number of carbonyl (C=O) groups excluding carboxylic acids is 1. The lowest BCUT2D eigenvalue weighted by Gasteiger charge is -2.30. The van der Waals surface area contributed by atoms with E-state index in [1.807, 2.05) is 6.07 Å². The third-order valence-electron chi connectivity index (χ3n) is 4.22. The Morgan fingerprint density at radius 3 is 3.05 bits per heavy atom. The van der Waals surface area contributed by atoms with E-state index in [0.717, 1.165) is 23.5 Å². The summed E-state index contributed by atoms with van der Waals surface area (Å²) in [6.45, 7) is 5.44. The predicted molar refractivity (Wildman–Crippen MR) is 90.1 cm³/mol. The van der Waals surface area contributed by atoms with Gasteiger partial charge in [0.1, 0.15) is 0 Å². The van der Waals surface area contributed by atoms with Gasteiger partial charge in [-0.3, -0.25) is 4.79 Å². The second kappa shape index (κ2) is 8.16. The molecule has 116 valence electrons. The molecule has 0 spiro atoms. The zero-order valence-corrected chi connectivity index (χ0v) is 14.8. The van der Waals surface area contributed by atoms with E-state index in [9.17, 15) is 4.79 Å². The fourth-order valence-electron chi connectivity index (χ4n) is 2.91. The highest BCUT2D eigenvalue weighted by Crippen LogP contribution is 2.20. The van der Waals surface area contributed by atoms with Crippen LogP contribution in [0.4, 0.5) is 0 Å². The highest BCUT2D eigenvalue weighted by Gasteiger charge is 2.21. The SMILES string of the molecule is C[C@@H]1CCCC[NH+]1CCCNC(=O)c1cc(Br)ccc1Cl. The first-order chi connectivity index (χ1) is 10.1. The molecule has 1 aliphatic rings. The highest BCUT2D eigenvalue weighted by atomic mass is 79.9. The first-order valence-corrected chi connectivity index (χ1v) is 8.83. The molecule has 1 aromatic rings. The third kappa shape index (κ3) is 4.97. The van der Waals surface area contributed by atoms with Crippen molar-refractivity contribution in [2.24, 2.45) is 0 Å². The van der Waals surface area contributed by atoms with E-state index in [4.69, 9.17) is 11.6 Å². The average molecular weight is 375 g/mol. The van der Waals surface area contributed by atoms with E-state index in [-0.39, 0.29) is 5.91 Å². The molecule has 2 N–H and O–H groups in total. The molecule has 2 rings (SSSR count). The summed E-state index contributed by atoms with van der Waals surface area (Å²) in [6.07, 6.45) is 5.04. The molecule has 1 fully saturated rings. The molecular formula is C16H23BrClN2O+. The van der Waals surface area contributed by atoms with Crippen LogP contribution >= 0.6 is 27.5 Å². The van der Waals surface area contributed by atoms with Gasteiger partial charge in [0.25, 0.3) is 5.91 Å². The van der Waals surface area contributed by atoms with Crippen molar-refractivity contribution in [3.8, 4) is 0 Å². The Hall–Kier alpha value is -0.580. The molecule has 21 heavy (non-hydrogen) atoms. The van der Waals surface area contributed by atoms with Crippen molar-refractivity contribution in [2.75, 3.05) is 19.6 Å². The number of piperidine rings is 1. The normalized spacial score (nSPS) is 22.0. The number of likely N-dealkylation sites (tertiary alicyclic amines) is 1. The number of benzene rings is 1. The molecule has 2 atom stereocenters. The van der Waals surface area contributed by atoms with Crippen LogP contribution in [0.3, 0.4) is 0 Å². The largest absolute Gasteiger partial charge is 0.352 e. The van der Waals surface area contributed by atoms with E-state index < -0.39 is 0 Å². The van der Waals surface area contributed by atoms with Crippen LogP contribution in [0, 0.1) is 0 Å². The van der Waals surface area contributed by atoms with E-state index >= 15 is 0 Å². The maximum atomic E-state index is 12.1. The minimum Gasteiger partial charge on any atom is -0.352 e. The number of amides is 1. The first-order valence-electron chi connectivity index (χ1n) is 7.66. The first kappa shape index (κ1) is 16.8. The van der Waals surface area contributed by atoms with Gasteiger partial charge in [0.15, 0.2) is 0 Å². The number of halogens is 2. The van der Waals surface area contributed by atoms with E-state index in [2.05, 4.69) is 28.2 Å². The number of carbonyl (C=O) groups is 1. The van der Waals surface area contributed by atoms with Gasteiger partial charge in [-0.25, -0.2) is 0 Å². The number of rotatable bonds is 5. The molecule has 3 nitrogen and oxygen atoms in total. The van der Waals surface area contributed by atoms with Gasteiger partial charge in [-0.2, -0.15) is 0 Å². The molecule has 0 aromatic heterocycles. The van der Waals surface area contributed by atoms with Crippen LogP contribution in [0.1, 0.15) is 43.0 Å². The topological polar surface area (TPSA) is 33.5 Å². The number of hydrogen-bond acceptors (Lipinski definition) is 1. The zero-order valence-electron chi connectivity index (χ0n) is 12.4. The molecule has 5 heteroatoms. The average Bonchev–Trinajstić information content (AvgIpc) is 2.47. The lowest BCUT2D eigenvalue weighted by Crippen LogP contribution is -3.16. The summed E-state index contributed by atoms with van der Waals surface area (Å²) in [7, 11) is 0. The van der Waals surface area contributed by atoms with Gasteiger partial charge >= 0.3 is 0 Å². The van der Waals surface area contributed by atoms with Gasteiger partial charge < -0.3 is 10.2 Å². The fraction of sp³-hybridized carbons (Fsp3) is 0.562. The summed E-state index contributed by atoms with van der Waals surface area (Å²) in [4.78, 5) is 13.8. The summed E-state index contributed by atoms with van der Waals surface area (Å²) in [5, 5.41) is 3.46. The molecule has 1 aliphatic heterocycles. The number of nitrogens with one attached hydrogen (secondary N) is 2. The molecule has 0 aliphatic carbocycles.